The van der Waals surface area contributed by atoms with Crippen LogP contribution in [0.3, 0.4) is 0 Å². The summed E-state index contributed by atoms with van der Waals surface area (Å²) in [4.78, 5) is 6.81. The Balaban J connectivity index is 1.59. The van der Waals surface area contributed by atoms with E-state index >= 15 is 0 Å². The van der Waals surface area contributed by atoms with Crippen molar-refractivity contribution in [3.8, 4) is 5.75 Å². The van der Waals surface area contributed by atoms with Gasteiger partial charge in [0.05, 0.1) is 13.2 Å². The Morgan fingerprint density at radius 1 is 1.32 bits per heavy atom. The highest BCUT2D eigenvalue weighted by Crippen LogP contribution is 2.18. The predicted octanol–water partition coefficient (Wildman–Crippen LogP) is 1.44. The van der Waals surface area contributed by atoms with Gasteiger partial charge in [-0.3, -0.25) is 4.90 Å². The van der Waals surface area contributed by atoms with Gasteiger partial charge in [-0.2, -0.15) is 4.98 Å². The number of likely N-dealkylation sites (N-methyl/N-ethyl adjacent to an activating group) is 1. The molecule has 3 rings (SSSR count). The van der Waals surface area contributed by atoms with Crippen molar-refractivity contribution in [1.29, 1.82) is 0 Å². The summed E-state index contributed by atoms with van der Waals surface area (Å²) in [5, 5.41) is 7.51. The van der Waals surface area contributed by atoms with Gasteiger partial charge in [0.25, 0.3) is 0 Å². The van der Waals surface area contributed by atoms with Gasteiger partial charge in [-0.15, -0.1) is 0 Å². The summed E-state index contributed by atoms with van der Waals surface area (Å²) in [5.74, 6) is 2.35. The molecule has 118 valence electrons. The molecule has 0 radical (unpaired) electrons. The van der Waals surface area contributed by atoms with E-state index in [0.717, 1.165) is 44.0 Å². The van der Waals surface area contributed by atoms with Crippen LogP contribution in [0.2, 0.25) is 0 Å². The monoisotopic (exact) mass is 302 g/mol. The summed E-state index contributed by atoms with van der Waals surface area (Å²) in [5.41, 5.74) is 1.23. The van der Waals surface area contributed by atoms with Crippen molar-refractivity contribution in [1.82, 2.24) is 20.4 Å². The maximum Gasteiger partial charge on any atom is 0.227 e. The Bertz CT molecular complexity index is 596. The van der Waals surface area contributed by atoms with E-state index in [2.05, 4.69) is 39.5 Å². The van der Waals surface area contributed by atoms with E-state index in [-0.39, 0.29) is 6.04 Å². The third-order valence-corrected chi connectivity index (χ3v) is 4.08. The first-order chi connectivity index (χ1) is 10.8. The average molecular weight is 302 g/mol. The lowest BCUT2D eigenvalue weighted by Gasteiger charge is -2.30. The Hall–Kier alpha value is -1.92. The zero-order valence-corrected chi connectivity index (χ0v) is 13.1. The van der Waals surface area contributed by atoms with E-state index < -0.39 is 0 Å². The van der Waals surface area contributed by atoms with Crippen molar-refractivity contribution in [3.63, 3.8) is 0 Å². The second-order valence-electron chi connectivity index (χ2n) is 5.59. The SMILES string of the molecule is COc1ccc(CCc2nc(C3CNCCN3C)no2)cc1. The lowest BCUT2D eigenvalue weighted by atomic mass is 10.1. The molecule has 22 heavy (non-hydrogen) atoms. The van der Waals surface area contributed by atoms with Crippen molar-refractivity contribution in [2.45, 2.75) is 18.9 Å². The van der Waals surface area contributed by atoms with Gasteiger partial charge in [-0.05, 0) is 31.2 Å². The third-order valence-electron chi connectivity index (χ3n) is 4.08. The van der Waals surface area contributed by atoms with Crippen LogP contribution in [0.5, 0.6) is 5.75 Å². The highest BCUT2D eigenvalue weighted by atomic mass is 16.5. The van der Waals surface area contributed by atoms with Crippen LogP contribution in [0.25, 0.3) is 0 Å². The van der Waals surface area contributed by atoms with E-state index in [9.17, 15) is 0 Å². The number of rotatable bonds is 5. The summed E-state index contributed by atoms with van der Waals surface area (Å²) in [6.45, 7) is 2.88. The Morgan fingerprint density at radius 3 is 2.86 bits per heavy atom. The fraction of sp³-hybridized carbons (Fsp3) is 0.500. The number of nitrogens with zero attached hydrogens (tertiary/aromatic N) is 3. The van der Waals surface area contributed by atoms with Gasteiger partial charge in [-0.1, -0.05) is 17.3 Å². The average Bonchev–Trinajstić information content (AvgIpc) is 3.02. The van der Waals surface area contributed by atoms with E-state index in [4.69, 9.17) is 9.26 Å². The van der Waals surface area contributed by atoms with Crippen LogP contribution in [0.4, 0.5) is 0 Å². The van der Waals surface area contributed by atoms with Crippen molar-refractivity contribution < 1.29 is 9.26 Å². The zero-order chi connectivity index (χ0) is 15.4. The van der Waals surface area contributed by atoms with Crippen LogP contribution in [0.15, 0.2) is 28.8 Å². The number of piperazine rings is 1. The van der Waals surface area contributed by atoms with Crippen molar-refractivity contribution in [3.05, 3.63) is 41.5 Å². The Morgan fingerprint density at radius 2 is 2.14 bits per heavy atom. The summed E-state index contributed by atoms with van der Waals surface area (Å²) in [6, 6.07) is 8.27. The van der Waals surface area contributed by atoms with Gasteiger partial charge >= 0.3 is 0 Å². The van der Waals surface area contributed by atoms with Gasteiger partial charge in [-0.25, -0.2) is 0 Å². The molecule has 1 aromatic carbocycles. The number of aromatic nitrogens is 2. The molecule has 1 N–H and O–H groups in total. The van der Waals surface area contributed by atoms with Gasteiger partial charge in [0.15, 0.2) is 5.82 Å². The summed E-state index contributed by atoms with van der Waals surface area (Å²) >= 11 is 0. The maximum atomic E-state index is 5.39. The molecule has 0 amide bonds. The number of ether oxygens (including phenoxy) is 1. The quantitative estimate of drug-likeness (QED) is 0.902. The lowest BCUT2D eigenvalue weighted by molar-refractivity contribution is 0.190. The fourth-order valence-corrected chi connectivity index (χ4v) is 2.64. The lowest BCUT2D eigenvalue weighted by Crippen LogP contribution is -2.44. The molecule has 6 nitrogen and oxygen atoms in total. The minimum Gasteiger partial charge on any atom is -0.497 e. The highest BCUT2D eigenvalue weighted by Gasteiger charge is 2.25. The smallest absolute Gasteiger partial charge is 0.227 e. The Kier molecular flexibility index (Phi) is 4.70. The summed E-state index contributed by atoms with van der Waals surface area (Å²) in [6.07, 6.45) is 1.63. The number of methoxy groups -OCH3 is 1. The van der Waals surface area contributed by atoms with E-state index in [1.165, 1.54) is 5.56 Å². The highest BCUT2D eigenvalue weighted by molar-refractivity contribution is 5.27. The minimum absolute atomic E-state index is 0.201. The first kappa shape index (κ1) is 15.0. The van der Waals surface area contributed by atoms with E-state index in [1.54, 1.807) is 7.11 Å². The van der Waals surface area contributed by atoms with Crippen LogP contribution in [-0.4, -0.2) is 48.8 Å². The van der Waals surface area contributed by atoms with Crippen molar-refractivity contribution in [2.75, 3.05) is 33.8 Å². The van der Waals surface area contributed by atoms with Crippen LogP contribution < -0.4 is 10.1 Å². The molecule has 0 aliphatic carbocycles. The number of nitrogens with one attached hydrogen (secondary N) is 1. The molecule has 0 bridgehead atoms. The molecular formula is C16H22N4O2. The van der Waals surface area contributed by atoms with Gasteiger partial charge in [0.1, 0.15) is 5.75 Å². The predicted molar refractivity (Wildman–Crippen MR) is 82.9 cm³/mol. The Labute approximate surface area is 130 Å². The molecule has 1 aromatic heterocycles. The standard InChI is InChI=1S/C16H22N4O2/c1-20-10-9-17-11-14(20)16-18-15(22-19-16)8-5-12-3-6-13(21-2)7-4-12/h3-4,6-7,14,17H,5,8-11H2,1-2H3. The van der Waals surface area contributed by atoms with Crippen LogP contribution in [0.1, 0.15) is 23.3 Å². The number of hydrogen-bond donors (Lipinski definition) is 1. The van der Waals surface area contributed by atoms with Crippen molar-refractivity contribution in [2.24, 2.45) is 0 Å². The normalized spacial score (nSPS) is 19.3. The van der Waals surface area contributed by atoms with E-state index in [0.29, 0.717) is 5.89 Å². The first-order valence-electron chi connectivity index (χ1n) is 7.62. The molecule has 2 aromatic rings. The number of aryl methyl sites for hydroxylation is 2. The molecule has 2 heterocycles. The van der Waals surface area contributed by atoms with Crippen LogP contribution in [0, 0.1) is 0 Å². The molecule has 1 fully saturated rings. The zero-order valence-electron chi connectivity index (χ0n) is 13.1. The topological polar surface area (TPSA) is 63.4 Å². The number of benzene rings is 1. The molecule has 1 aliphatic heterocycles. The molecule has 0 spiro atoms. The molecule has 1 aliphatic rings. The van der Waals surface area contributed by atoms with Crippen LogP contribution in [-0.2, 0) is 12.8 Å². The largest absolute Gasteiger partial charge is 0.497 e. The van der Waals surface area contributed by atoms with Crippen LogP contribution >= 0.6 is 0 Å². The molecule has 1 saturated heterocycles. The van der Waals surface area contributed by atoms with Gasteiger partial charge in [0.2, 0.25) is 5.89 Å². The minimum atomic E-state index is 0.201. The van der Waals surface area contributed by atoms with Gasteiger partial charge < -0.3 is 14.6 Å². The van der Waals surface area contributed by atoms with Crippen molar-refractivity contribution >= 4 is 0 Å². The maximum absolute atomic E-state index is 5.39. The second-order valence-corrected chi connectivity index (χ2v) is 5.59. The third kappa shape index (κ3) is 3.45. The van der Waals surface area contributed by atoms with Gasteiger partial charge in [0, 0.05) is 26.1 Å². The molecule has 6 heteroatoms. The van der Waals surface area contributed by atoms with E-state index in [1.807, 2.05) is 12.1 Å². The molecular weight excluding hydrogens is 280 g/mol. The summed E-state index contributed by atoms with van der Waals surface area (Å²) in [7, 11) is 3.77. The number of hydrogen-bond acceptors (Lipinski definition) is 6. The first-order valence-corrected chi connectivity index (χ1v) is 7.62. The molecule has 1 unspecified atom stereocenters. The molecule has 1 atom stereocenters. The second kappa shape index (κ2) is 6.89. The molecule has 0 saturated carbocycles. The fourth-order valence-electron chi connectivity index (χ4n) is 2.64. The summed E-state index contributed by atoms with van der Waals surface area (Å²) < 4.78 is 10.6.